The van der Waals surface area contributed by atoms with E-state index >= 15 is 0 Å². The number of esters is 1. The molecule has 14 heavy (non-hydrogen) atoms. The van der Waals surface area contributed by atoms with Gasteiger partial charge in [-0.15, -0.1) is 0 Å². The quantitative estimate of drug-likeness (QED) is 0.643. The van der Waals surface area contributed by atoms with Crippen molar-refractivity contribution >= 4 is 29.2 Å². The molecule has 6 heteroatoms. The Bertz CT molecular complexity index is 307. The highest BCUT2D eigenvalue weighted by Gasteiger charge is 2.45. The van der Waals surface area contributed by atoms with Crippen LogP contribution in [0.1, 0.15) is 11.9 Å². The maximum absolute atomic E-state index is 11.1. The fraction of sp³-hybridized carbons (Fsp3) is 0.375. The highest BCUT2D eigenvalue weighted by molar-refractivity contribution is 6.57. The van der Waals surface area contributed by atoms with Crippen LogP contribution in [-0.2, 0) is 9.53 Å². The largest absolute Gasteiger partial charge is 0.467 e. The third-order valence-corrected chi connectivity index (χ3v) is 2.34. The van der Waals surface area contributed by atoms with E-state index in [-0.39, 0.29) is 5.76 Å². The van der Waals surface area contributed by atoms with Gasteiger partial charge in [0.25, 0.3) is 0 Å². The van der Waals surface area contributed by atoms with Crippen molar-refractivity contribution in [2.45, 2.75) is 10.4 Å². The Balaban J connectivity index is 2.88. The number of carbonyl (C=O) groups excluding carboxylic acids is 1. The molecule has 1 aromatic rings. The first kappa shape index (κ1) is 11.4. The second-order valence-electron chi connectivity index (χ2n) is 2.53. The van der Waals surface area contributed by atoms with Gasteiger partial charge < -0.3 is 14.3 Å². The van der Waals surface area contributed by atoms with Crippen LogP contribution in [0.25, 0.3) is 0 Å². The summed E-state index contributed by atoms with van der Waals surface area (Å²) in [5, 5.41) is 9.58. The molecule has 1 atom stereocenters. The highest BCUT2D eigenvalue weighted by Crippen LogP contribution is 2.37. The van der Waals surface area contributed by atoms with E-state index in [1.165, 1.54) is 12.3 Å². The van der Waals surface area contributed by atoms with Gasteiger partial charge in [0.1, 0.15) is 5.76 Å². The van der Waals surface area contributed by atoms with Crippen molar-refractivity contribution in [3.05, 3.63) is 24.2 Å². The van der Waals surface area contributed by atoms with E-state index in [2.05, 4.69) is 4.74 Å². The molecule has 0 amide bonds. The zero-order chi connectivity index (χ0) is 10.8. The van der Waals surface area contributed by atoms with Gasteiger partial charge in [-0.25, -0.2) is 4.79 Å². The van der Waals surface area contributed by atoms with Crippen LogP contribution >= 0.6 is 23.2 Å². The molecule has 0 fully saturated rings. The first-order valence-corrected chi connectivity index (χ1v) is 4.43. The number of rotatable bonds is 3. The van der Waals surface area contributed by atoms with Gasteiger partial charge in [0.2, 0.25) is 4.33 Å². The zero-order valence-electron chi connectivity index (χ0n) is 7.24. The molecule has 1 aromatic heterocycles. The van der Waals surface area contributed by atoms with E-state index in [0.29, 0.717) is 0 Å². The second-order valence-corrected chi connectivity index (χ2v) is 3.92. The fourth-order valence-electron chi connectivity index (χ4n) is 0.873. The lowest BCUT2D eigenvalue weighted by molar-refractivity contribution is -0.144. The van der Waals surface area contributed by atoms with Crippen molar-refractivity contribution < 1.29 is 19.1 Å². The number of carbonyl (C=O) groups is 1. The molecule has 1 N–H and O–H groups in total. The van der Waals surface area contributed by atoms with E-state index in [1.807, 2.05) is 0 Å². The minimum atomic E-state index is -2.06. The van der Waals surface area contributed by atoms with Crippen molar-refractivity contribution in [1.29, 1.82) is 0 Å². The molecule has 4 nitrogen and oxygen atoms in total. The fourth-order valence-corrected chi connectivity index (χ4v) is 1.24. The number of halogens is 2. The lowest BCUT2D eigenvalue weighted by Gasteiger charge is -2.20. The van der Waals surface area contributed by atoms with Crippen LogP contribution < -0.4 is 0 Å². The second kappa shape index (κ2) is 4.21. The average Bonchev–Trinajstić information content (AvgIpc) is 2.67. The molecule has 0 bridgehead atoms. The number of hydrogen-bond donors (Lipinski definition) is 1. The predicted octanol–water partition coefficient (Wildman–Crippen LogP) is 1.66. The topological polar surface area (TPSA) is 59.7 Å². The van der Waals surface area contributed by atoms with Crippen LogP contribution in [0, 0.1) is 0 Å². The first-order chi connectivity index (χ1) is 6.50. The van der Waals surface area contributed by atoms with Gasteiger partial charge in [-0.3, -0.25) is 0 Å². The Kier molecular flexibility index (Phi) is 3.42. The van der Waals surface area contributed by atoms with Crippen LogP contribution in [0.15, 0.2) is 22.8 Å². The van der Waals surface area contributed by atoms with Gasteiger partial charge in [0.15, 0.2) is 6.10 Å². The van der Waals surface area contributed by atoms with Gasteiger partial charge in [0, 0.05) is 0 Å². The van der Waals surface area contributed by atoms with Gasteiger partial charge in [-0.1, -0.05) is 23.2 Å². The van der Waals surface area contributed by atoms with E-state index < -0.39 is 16.4 Å². The number of aliphatic hydroxyl groups excluding tert-OH is 1. The summed E-state index contributed by atoms with van der Waals surface area (Å²) in [7, 11) is 1.12. The molecule has 0 saturated heterocycles. The van der Waals surface area contributed by atoms with Crippen LogP contribution in [0.2, 0.25) is 0 Å². The Hall–Kier alpha value is -0.710. The van der Waals surface area contributed by atoms with E-state index in [1.54, 1.807) is 6.07 Å². The summed E-state index contributed by atoms with van der Waals surface area (Å²) in [6.45, 7) is 0. The molecular formula is C8H8Cl2O4. The number of aliphatic hydroxyl groups is 1. The van der Waals surface area contributed by atoms with Crippen LogP contribution in [0.3, 0.4) is 0 Å². The van der Waals surface area contributed by atoms with Crippen molar-refractivity contribution in [3.63, 3.8) is 0 Å². The summed E-state index contributed by atoms with van der Waals surface area (Å²) in [4.78, 5) is 11.1. The predicted molar refractivity (Wildman–Crippen MR) is 50.1 cm³/mol. The Labute approximate surface area is 90.4 Å². The Morgan fingerprint density at radius 3 is 2.79 bits per heavy atom. The number of alkyl halides is 2. The summed E-state index contributed by atoms with van der Waals surface area (Å²) < 4.78 is 7.12. The summed E-state index contributed by atoms with van der Waals surface area (Å²) in [5.74, 6) is -0.842. The van der Waals surface area contributed by atoms with Crippen molar-refractivity contribution in [3.8, 4) is 0 Å². The third kappa shape index (κ3) is 2.03. The van der Waals surface area contributed by atoms with Gasteiger partial charge in [-0.05, 0) is 12.1 Å². The maximum atomic E-state index is 11.1. The normalized spacial score (nSPS) is 13.7. The smallest absolute Gasteiger partial charge is 0.345 e. The highest BCUT2D eigenvalue weighted by atomic mass is 35.5. The molecular weight excluding hydrogens is 231 g/mol. The molecule has 0 aliphatic rings. The standard InChI is InChI=1S/C8H8Cl2O4/c1-13-7(12)8(9,10)6(11)5-3-2-4-14-5/h2-4,6,11H,1H3. The van der Waals surface area contributed by atoms with Gasteiger partial charge in [-0.2, -0.15) is 0 Å². The molecule has 0 aromatic carbocycles. The minimum absolute atomic E-state index is 0.0976. The van der Waals surface area contributed by atoms with Crippen LogP contribution in [-0.4, -0.2) is 22.5 Å². The van der Waals surface area contributed by atoms with E-state index in [4.69, 9.17) is 27.6 Å². The molecule has 1 unspecified atom stereocenters. The van der Waals surface area contributed by atoms with Crippen molar-refractivity contribution in [2.75, 3.05) is 7.11 Å². The third-order valence-electron chi connectivity index (χ3n) is 1.61. The summed E-state index contributed by atoms with van der Waals surface area (Å²) in [6, 6.07) is 2.99. The van der Waals surface area contributed by atoms with Crippen LogP contribution in [0.4, 0.5) is 0 Å². The molecule has 0 saturated carbocycles. The summed E-state index contributed by atoms with van der Waals surface area (Å²) >= 11 is 11.2. The van der Waals surface area contributed by atoms with Gasteiger partial charge >= 0.3 is 5.97 Å². The zero-order valence-corrected chi connectivity index (χ0v) is 8.75. The SMILES string of the molecule is COC(=O)C(Cl)(Cl)C(O)c1ccco1. The number of hydrogen-bond acceptors (Lipinski definition) is 4. The number of ether oxygens (including phenoxy) is 1. The Morgan fingerprint density at radius 2 is 2.36 bits per heavy atom. The molecule has 0 radical (unpaired) electrons. The van der Waals surface area contributed by atoms with Crippen molar-refractivity contribution in [1.82, 2.24) is 0 Å². The summed E-state index contributed by atoms with van der Waals surface area (Å²) in [5.41, 5.74) is 0. The molecule has 78 valence electrons. The average molecular weight is 239 g/mol. The van der Waals surface area contributed by atoms with Crippen molar-refractivity contribution in [2.24, 2.45) is 0 Å². The Morgan fingerprint density at radius 1 is 1.71 bits per heavy atom. The number of methoxy groups -OCH3 is 1. The van der Waals surface area contributed by atoms with E-state index in [9.17, 15) is 9.90 Å². The summed E-state index contributed by atoms with van der Waals surface area (Å²) in [6.07, 6.45) is -0.132. The van der Waals surface area contributed by atoms with E-state index in [0.717, 1.165) is 7.11 Å². The molecule has 0 spiro atoms. The van der Waals surface area contributed by atoms with Gasteiger partial charge in [0.05, 0.1) is 13.4 Å². The lowest BCUT2D eigenvalue weighted by atomic mass is 10.2. The maximum Gasteiger partial charge on any atom is 0.345 e. The molecule has 0 aliphatic heterocycles. The molecule has 1 heterocycles. The molecule has 0 aliphatic carbocycles. The first-order valence-electron chi connectivity index (χ1n) is 3.68. The lowest BCUT2D eigenvalue weighted by Crippen LogP contribution is -2.34. The minimum Gasteiger partial charge on any atom is -0.467 e. The van der Waals surface area contributed by atoms with Crippen LogP contribution in [0.5, 0.6) is 0 Å². The number of furan rings is 1. The molecule has 1 rings (SSSR count). The monoisotopic (exact) mass is 238 g/mol.